The van der Waals surface area contributed by atoms with Crippen LogP contribution >= 0.6 is 11.3 Å². The van der Waals surface area contributed by atoms with E-state index in [1.54, 1.807) is 6.20 Å². The van der Waals surface area contributed by atoms with Gasteiger partial charge in [-0.1, -0.05) is 35.6 Å². The van der Waals surface area contributed by atoms with Crippen molar-refractivity contribution in [2.75, 3.05) is 5.32 Å². The molecule has 108 valence electrons. The van der Waals surface area contributed by atoms with Gasteiger partial charge in [0.15, 0.2) is 0 Å². The maximum absolute atomic E-state index is 11.7. The Morgan fingerprint density at radius 3 is 2.91 bits per heavy atom. The van der Waals surface area contributed by atoms with E-state index in [1.807, 2.05) is 30.3 Å². The van der Waals surface area contributed by atoms with Crippen LogP contribution in [0.4, 0.5) is 5.13 Å². The zero-order chi connectivity index (χ0) is 14.9. The third-order valence-electron chi connectivity index (χ3n) is 3.32. The molecule has 0 saturated carbocycles. The molecule has 4 aromatic rings. The fourth-order valence-corrected chi connectivity index (χ4v) is 3.07. The maximum Gasteiger partial charge on any atom is 0.275 e. The van der Waals surface area contributed by atoms with Crippen LogP contribution in [-0.4, -0.2) is 19.6 Å². The normalized spacial score (nSPS) is 11.1. The minimum absolute atomic E-state index is 0.180. The molecule has 0 radical (unpaired) electrons. The minimum atomic E-state index is -0.180. The van der Waals surface area contributed by atoms with Crippen LogP contribution in [0.3, 0.4) is 0 Å². The van der Waals surface area contributed by atoms with E-state index >= 15 is 0 Å². The highest BCUT2D eigenvalue weighted by Gasteiger charge is 2.07. The standard InChI is InChI=1S/C15H11N5OS/c21-12-6-8-17-15-20(12)19-14(22-15)18-9-11-4-1-3-10-5-2-7-16-13(10)11/h1-8H,9H2,(H,18,19). The van der Waals surface area contributed by atoms with E-state index in [9.17, 15) is 4.79 Å². The average molecular weight is 309 g/mol. The second kappa shape index (κ2) is 5.19. The highest BCUT2D eigenvalue weighted by Crippen LogP contribution is 2.20. The lowest BCUT2D eigenvalue weighted by atomic mass is 10.1. The molecule has 0 aliphatic heterocycles. The third-order valence-corrected chi connectivity index (χ3v) is 4.20. The number of hydrogen-bond acceptors (Lipinski definition) is 6. The van der Waals surface area contributed by atoms with E-state index in [4.69, 9.17) is 0 Å². The van der Waals surface area contributed by atoms with Crippen molar-refractivity contribution in [1.29, 1.82) is 0 Å². The molecule has 0 amide bonds. The number of benzene rings is 1. The van der Waals surface area contributed by atoms with Gasteiger partial charge in [-0.25, -0.2) is 4.98 Å². The molecule has 0 atom stereocenters. The van der Waals surface area contributed by atoms with E-state index in [0.717, 1.165) is 16.5 Å². The molecule has 0 fully saturated rings. The Kier molecular flexibility index (Phi) is 3.05. The van der Waals surface area contributed by atoms with Crippen molar-refractivity contribution in [3.05, 3.63) is 64.7 Å². The Hall–Kier alpha value is -2.80. The number of pyridine rings is 1. The molecule has 0 aliphatic rings. The monoisotopic (exact) mass is 309 g/mol. The number of rotatable bonds is 3. The number of nitrogens with one attached hydrogen (secondary N) is 1. The number of para-hydroxylation sites is 1. The van der Waals surface area contributed by atoms with Crippen LogP contribution in [-0.2, 0) is 6.54 Å². The fraction of sp³-hybridized carbons (Fsp3) is 0.0667. The lowest BCUT2D eigenvalue weighted by Crippen LogP contribution is -2.12. The molecule has 3 heterocycles. The van der Waals surface area contributed by atoms with E-state index in [-0.39, 0.29) is 5.56 Å². The van der Waals surface area contributed by atoms with E-state index in [2.05, 4.69) is 20.4 Å². The molecule has 6 nitrogen and oxygen atoms in total. The lowest BCUT2D eigenvalue weighted by Gasteiger charge is -2.05. The Labute approximate surface area is 129 Å². The zero-order valence-electron chi connectivity index (χ0n) is 11.4. The van der Waals surface area contributed by atoms with Gasteiger partial charge in [-0.3, -0.25) is 9.78 Å². The second-order valence-electron chi connectivity index (χ2n) is 4.73. The topological polar surface area (TPSA) is 72.2 Å². The number of anilines is 1. The largest absolute Gasteiger partial charge is 0.356 e. The molecule has 0 bridgehead atoms. The van der Waals surface area contributed by atoms with Crippen molar-refractivity contribution >= 4 is 32.3 Å². The van der Waals surface area contributed by atoms with Gasteiger partial charge in [-0.15, -0.1) is 5.10 Å². The molecule has 0 saturated heterocycles. The highest BCUT2D eigenvalue weighted by molar-refractivity contribution is 7.20. The SMILES string of the molecule is O=c1ccnc2sc(NCc3cccc4cccnc34)nn12. The summed E-state index contributed by atoms with van der Waals surface area (Å²) in [5.41, 5.74) is 1.87. The molecular weight excluding hydrogens is 298 g/mol. The molecule has 22 heavy (non-hydrogen) atoms. The van der Waals surface area contributed by atoms with Gasteiger partial charge in [0.25, 0.3) is 5.56 Å². The summed E-state index contributed by atoms with van der Waals surface area (Å²) in [5.74, 6) is 0. The third kappa shape index (κ3) is 2.21. The summed E-state index contributed by atoms with van der Waals surface area (Å²) in [7, 11) is 0. The van der Waals surface area contributed by atoms with Crippen LogP contribution in [0.1, 0.15) is 5.56 Å². The van der Waals surface area contributed by atoms with Crippen LogP contribution in [0.25, 0.3) is 15.9 Å². The molecule has 4 rings (SSSR count). The van der Waals surface area contributed by atoms with Gasteiger partial charge >= 0.3 is 0 Å². The molecule has 1 aromatic carbocycles. The summed E-state index contributed by atoms with van der Waals surface area (Å²) in [6, 6.07) is 11.4. The minimum Gasteiger partial charge on any atom is -0.356 e. The first kappa shape index (κ1) is 12.9. The lowest BCUT2D eigenvalue weighted by molar-refractivity contribution is 0.896. The Morgan fingerprint density at radius 1 is 1.09 bits per heavy atom. The van der Waals surface area contributed by atoms with Gasteiger partial charge in [-0.05, 0) is 11.6 Å². The Bertz CT molecular complexity index is 1020. The van der Waals surface area contributed by atoms with Crippen LogP contribution in [0.5, 0.6) is 0 Å². The summed E-state index contributed by atoms with van der Waals surface area (Å²) in [5, 5.41) is 9.23. The Morgan fingerprint density at radius 2 is 2.00 bits per heavy atom. The summed E-state index contributed by atoms with van der Waals surface area (Å²) in [6.45, 7) is 0.586. The van der Waals surface area contributed by atoms with Crippen LogP contribution in [0, 0.1) is 0 Å². The van der Waals surface area contributed by atoms with Crippen molar-refractivity contribution in [3.8, 4) is 0 Å². The number of aromatic nitrogens is 4. The predicted octanol–water partition coefficient (Wildman–Crippen LogP) is 2.31. The molecule has 1 N–H and O–H groups in total. The molecule has 0 unspecified atom stereocenters. The molecule has 7 heteroatoms. The number of hydrogen-bond donors (Lipinski definition) is 1. The van der Waals surface area contributed by atoms with E-state index in [0.29, 0.717) is 16.6 Å². The zero-order valence-corrected chi connectivity index (χ0v) is 12.2. The van der Waals surface area contributed by atoms with Crippen LogP contribution < -0.4 is 10.9 Å². The first-order valence-corrected chi connectivity index (χ1v) is 7.54. The smallest absolute Gasteiger partial charge is 0.275 e. The highest BCUT2D eigenvalue weighted by atomic mass is 32.1. The van der Waals surface area contributed by atoms with Gasteiger partial charge in [0.05, 0.1) is 5.52 Å². The number of nitrogens with zero attached hydrogens (tertiary/aromatic N) is 4. The van der Waals surface area contributed by atoms with Gasteiger partial charge in [0.1, 0.15) is 0 Å². The van der Waals surface area contributed by atoms with Gasteiger partial charge in [0, 0.05) is 30.4 Å². The summed E-state index contributed by atoms with van der Waals surface area (Å²) >= 11 is 1.35. The van der Waals surface area contributed by atoms with Crippen LogP contribution in [0.2, 0.25) is 0 Å². The van der Waals surface area contributed by atoms with Crippen molar-refractivity contribution < 1.29 is 0 Å². The Balaban J connectivity index is 1.66. The summed E-state index contributed by atoms with van der Waals surface area (Å²) in [4.78, 5) is 20.8. The van der Waals surface area contributed by atoms with Gasteiger partial charge < -0.3 is 5.32 Å². The van der Waals surface area contributed by atoms with Crippen molar-refractivity contribution in [2.45, 2.75) is 6.54 Å². The average Bonchev–Trinajstić information content (AvgIpc) is 2.97. The van der Waals surface area contributed by atoms with Crippen molar-refractivity contribution in [3.63, 3.8) is 0 Å². The van der Waals surface area contributed by atoms with E-state index in [1.165, 1.54) is 28.1 Å². The molecule has 0 spiro atoms. The van der Waals surface area contributed by atoms with Crippen LogP contribution in [0.15, 0.2) is 53.6 Å². The van der Waals surface area contributed by atoms with E-state index < -0.39 is 0 Å². The summed E-state index contributed by atoms with van der Waals surface area (Å²) in [6.07, 6.45) is 3.28. The molecule has 0 aliphatic carbocycles. The first-order valence-electron chi connectivity index (χ1n) is 6.73. The fourth-order valence-electron chi connectivity index (χ4n) is 2.30. The first-order chi connectivity index (χ1) is 10.8. The second-order valence-corrected chi connectivity index (χ2v) is 5.69. The molecule has 3 aromatic heterocycles. The van der Waals surface area contributed by atoms with Gasteiger partial charge in [0.2, 0.25) is 10.1 Å². The quantitative estimate of drug-likeness (QED) is 0.629. The maximum atomic E-state index is 11.7. The van der Waals surface area contributed by atoms with Gasteiger partial charge in [-0.2, -0.15) is 4.52 Å². The predicted molar refractivity (Wildman–Crippen MR) is 86.2 cm³/mol. The number of fused-ring (bicyclic) bond motifs is 2. The van der Waals surface area contributed by atoms with Crippen molar-refractivity contribution in [2.24, 2.45) is 0 Å². The summed E-state index contributed by atoms with van der Waals surface area (Å²) < 4.78 is 1.30. The molecular formula is C15H11N5OS. The van der Waals surface area contributed by atoms with Crippen molar-refractivity contribution in [1.82, 2.24) is 19.6 Å².